The third kappa shape index (κ3) is 3.72. The molecule has 2 N–H and O–H groups in total. The SMILES string of the molecule is C[C@@H](C(=O)N1CCNC1=O)[NH+]1CCC(Cc2ccccc2)CC1. The van der Waals surface area contributed by atoms with E-state index in [9.17, 15) is 9.59 Å². The molecule has 2 fully saturated rings. The Morgan fingerprint density at radius 2 is 2.00 bits per heavy atom. The Balaban J connectivity index is 1.50. The van der Waals surface area contributed by atoms with Crippen LogP contribution in [0.25, 0.3) is 0 Å². The number of imide groups is 1. The molecule has 3 rings (SSSR count). The second-order valence-corrected chi connectivity index (χ2v) is 6.73. The van der Waals surface area contributed by atoms with Crippen LogP contribution < -0.4 is 10.2 Å². The lowest BCUT2D eigenvalue weighted by Crippen LogP contribution is -3.17. The van der Waals surface area contributed by atoms with E-state index in [1.807, 2.05) is 6.92 Å². The van der Waals surface area contributed by atoms with Crippen molar-refractivity contribution in [1.29, 1.82) is 0 Å². The van der Waals surface area contributed by atoms with Crippen LogP contribution in [0.2, 0.25) is 0 Å². The van der Waals surface area contributed by atoms with Crippen LogP contribution in [0.4, 0.5) is 4.79 Å². The van der Waals surface area contributed by atoms with E-state index in [-0.39, 0.29) is 18.0 Å². The summed E-state index contributed by atoms with van der Waals surface area (Å²) in [7, 11) is 0. The van der Waals surface area contributed by atoms with Crippen molar-refractivity contribution in [3.63, 3.8) is 0 Å². The van der Waals surface area contributed by atoms with Gasteiger partial charge in [-0.2, -0.15) is 0 Å². The number of likely N-dealkylation sites (tertiary alicyclic amines) is 1. The molecule has 2 aliphatic rings. The van der Waals surface area contributed by atoms with E-state index < -0.39 is 0 Å². The number of carbonyl (C=O) groups is 2. The summed E-state index contributed by atoms with van der Waals surface area (Å²) in [5.41, 5.74) is 1.40. The van der Waals surface area contributed by atoms with E-state index >= 15 is 0 Å². The summed E-state index contributed by atoms with van der Waals surface area (Å²) in [6, 6.07) is 10.3. The predicted octanol–water partition coefficient (Wildman–Crippen LogP) is 0.464. The monoisotopic (exact) mass is 316 g/mol. The Kier molecular flexibility index (Phi) is 4.96. The fourth-order valence-corrected chi connectivity index (χ4v) is 3.72. The van der Waals surface area contributed by atoms with Gasteiger partial charge in [-0.05, 0) is 37.7 Å². The van der Waals surface area contributed by atoms with Gasteiger partial charge >= 0.3 is 6.03 Å². The Labute approximate surface area is 137 Å². The molecule has 0 aromatic heterocycles. The Morgan fingerprint density at radius 3 is 2.61 bits per heavy atom. The van der Waals surface area contributed by atoms with E-state index in [1.54, 1.807) is 0 Å². The first-order chi connectivity index (χ1) is 11.1. The van der Waals surface area contributed by atoms with Crippen LogP contribution in [0.5, 0.6) is 0 Å². The van der Waals surface area contributed by atoms with E-state index in [2.05, 4.69) is 35.6 Å². The topological polar surface area (TPSA) is 53.9 Å². The highest BCUT2D eigenvalue weighted by molar-refractivity contribution is 5.97. The number of hydrogen-bond donors (Lipinski definition) is 2. The number of benzene rings is 1. The van der Waals surface area contributed by atoms with Crippen molar-refractivity contribution in [2.75, 3.05) is 26.2 Å². The largest absolute Gasteiger partial charge is 0.336 e. The summed E-state index contributed by atoms with van der Waals surface area (Å²) < 4.78 is 0. The molecule has 1 aromatic rings. The van der Waals surface area contributed by atoms with Gasteiger partial charge in [-0.15, -0.1) is 0 Å². The van der Waals surface area contributed by atoms with Crippen molar-refractivity contribution in [3.05, 3.63) is 35.9 Å². The molecule has 5 nitrogen and oxygen atoms in total. The molecule has 1 atom stereocenters. The average molecular weight is 316 g/mol. The number of nitrogens with zero attached hydrogens (tertiary/aromatic N) is 1. The van der Waals surface area contributed by atoms with E-state index in [0.29, 0.717) is 19.0 Å². The van der Waals surface area contributed by atoms with Gasteiger partial charge in [0.25, 0.3) is 5.91 Å². The van der Waals surface area contributed by atoms with Crippen LogP contribution in [0.1, 0.15) is 25.3 Å². The Bertz CT molecular complexity index is 553. The van der Waals surface area contributed by atoms with E-state index in [4.69, 9.17) is 0 Å². The smallest absolute Gasteiger partial charge is 0.324 e. The van der Waals surface area contributed by atoms with Crippen molar-refractivity contribution in [3.8, 4) is 0 Å². The standard InChI is InChI=1S/C18H25N3O2/c1-14(17(22)21-12-9-19-18(21)23)20-10-7-16(8-11-20)13-15-5-3-2-4-6-15/h2-6,14,16H,7-13H2,1H3,(H,19,23)/p+1/t14-/m0/s1. The lowest BCUT2D eigenvalue weighted by molar-refractivity contribution is -0.920. The lowest BCUT2D eigenvalue weighted by Gasteiger charge is -2.33. The zero-order chi connectivity index (χ0) is 16.2. The minimum Gasteiger partial charge on any atom is -0.336 e. The molecule has 0 unspecified atom stereocenters. The third-order valence-electron chi connectivity index (χ3n) is 5.22. The summed E-state index contributed by atoms with van der Waals surface area (Å²) in [6.07, 6.45) is 3.42. The molecule has 5 heteroatoms. The van der Waals surface area contributed by atoms with Crippen molar-refractivity contribution < 1.29 is 14.5 Å². The molecule has 0 saturated carbocycles. The van der Waals surface area contributed by atoms with Gasteiger partial charge in [0, 0.05) is 13.1 Å². The molecule has 0 aliphatic carbocycles. The summed E-state index contributed by atoms with van der Waals surface area (Å²) in [5.74, 6) is 0.676. The molecule has 2 aliphatic heterocycles. The van der Waals surface area contributed by atoms with Gasteiger partial charge < -0.3 is 10.2 Å². The minimum absolute atomic E-state index is 0.0310. The normalized spacial score (nSPS) is 26.0. The van der Waals surface area contributed by atoms with Crippen molar-refractivity contribution in [2.24, 2.45) is 5.92 Å². The van der Waals surface area contributed by atoms with Crippen molar-refractivity contribution in [2.45, 2.75) is 32.2 Å². The molecule has 124 valence electrons. The van der Waals surface area contributed by atoms with Crippen molar-refractivity contribution in [1.82, 2.24) is 10.2 Å². The maximum Gasteiger partial charge on any atom is 0.324 e. The summed E-state index contributed by atoms with van der Waals surface area (Å²) >= 11 is 0. The first-order valence-corrected chi connectivity index (χ1v) is 8.63. The van der Waals surface area contributed by atoms with E-state index in [1.165, 1.54) is 15.4 Å². The summed E-state index contributed by atoms with van der Waals surface area (Å²) in [4.78, 5) is 26.8. The first-order valence-electron chi connectivity index (χ1n) is 8.63. The van der Waals surface area contributed by atoms with Gasteiger partial charge in [0.15, 0.2) is 6.04 Å². The average Bonchev–Trinajstić information content (AvgIpc) is 3.01. The molecule has 0 bridgehead atoms. The van der Waals surface area contributed by atoms with E-state index in [0.717, 1.165) is 32.4 Å². The zero-order valence-corrected chi connectivity index (χ0v) is 13.8. The number of quaternary nitrogens is 1. The molecule has 23 heavy (non-hydrogen) atoms. The second-order valence-electron chi connectivity index (χ2n) is 6.73. The molecule has 0 spiro atoms. The van der Waals surface area contributed by atoms with Crippen LogP contribution in [0.15, 0.2) is 30.3 Å². The van der Waals surface area contributed by atoms with Gasteiger partial charge in [0.2, 0.25) is 0 Å². The fourth-order valence-electron chi connectivity index (χ4n) is 3.72. The third-order valence-corrected chi connectivity index (χ3v) is 5.22. The second kappa shape index (κ2) is 7.13. The molecular weight excluding hydrogens is 290 g/mol. The van der Waals surface area contributed by atoms with Gasteiger partial charge in [-0.3, -0.25) is 9.69 Å². The summed E-state index contributed by atoms with van der Waals surface area (Å²) in [5, 5.41) is 2.70. The zero-order valence-electron chi connectivity index (χ0n) is 13.8. The Morgan fingerprint density at radius 1 is 1.30 bits per heavy atom. The molecule has 3 amide bonds. The number of hydrogen-bond acceptors (Lipinski definition) is 2. The Hall–Kier alpha value is -1.88. The van der Waals surface area contributed by atoms with Gasteiger partial charge in [0.1, 0.15) is 0 Å². The number of urea groups is 1. The number of nitrogens with one attached hydrogen (secondary N) is 2. The minimum atomic E-state index is -0.236. The fraction of sp³-hybridized carbons (Fsp3) is 0.556. The quantitative estimate of drug-likeness (QED) is 0.848. The number of carbonyl (C=O) groups excluding carboxylic acids is 2. The van der Waals surface area contributed by atoms with Gasteiger partial charge in [-0.1, -0.05) is 30.3 Å². The van der Waals surface area contributed by atoms with Crippen LogP contribution >= 0.6 is 0 Å². The van der Waals surface area contributed by atoms with Crippen LogP contribution in [0.3, 0.4) is 0 Å². The van der Waals surface area contributed by atoms with Crippen LogP contribution in [0, 0.1) is 5.92 Å². The molecule has 0 radical (unpaired) electrons. The first kappa shape index (κ1) is 16.0. The highest BCUT2D eigenvalue weighted by Gasteiger charge is 2.36. The number of piperidine rings is 1. The lowest BCUT2D eigenvalue weighted by atomic mass is 9.89. The summed E-state index contributed by atoms with van der Waals surface area (Å²) in [6.45, 7) is 5.07. The molecule has 2 heterocycles. The molecule has 1 aromatic carbocycles. The predicted molar refractivity (Wildman–Crippen MR) is 88.1 cm³/mol. The maximum atomic E-state index is 12.5. The number of amides is 3. The van der Waals surface area contributed by atoms with Gasteiger partial charge in [-0.25, -0.2) is 4.79 Å². The molecule has 2 saturated heterocycles. The van der Waals surface area contributed by atoms with Crippen LogP contribution in [-0.4, -0.2) is 49.1 Å². The molecular formula is C18H26N3O2+. The van der Waals surface area contributed by atoms with Gasteiger partial charge in [0.05, 0.1) is 13.1 Å². The van der Waals surface area contributed by atoms with Crippen LogP contribution in [-0.2, 0) is 11.2 Å². The maximum absolute atomic E-state index is 12.5. The highest BCUT2D eigenvalue weighted by atomic mass is 16.2. The highest BCUT2D eigenvalue weighted by Crippen LogP contribution is 2.16. The number of rotatable bonds is 4. The van der Waals surface area contributed by atoms with Crippen molar-refractivity contribution >= 4 is 11.9 Å².